The van der Waals surface area contributed by atoms with Crippen molar-refractivity contribution in [2.75, 3.05) is 13.2 Å². The fraction of sp³-hybridized carbons (Fsp3) is 0.143. The first kappa shape index (κ1) is 16.2. The molecule has 0 amide bonds. The summed E-state index contributed by atoms with van der Waals surface area (Å²) in [5.74, 6) is 0.645. The average Bonchev–Trinajstić information content (AvgIpc) is 2.63. The van der Waals surface area contributed by atoms with E-state index >= 15 is 0 Å². The van der Waals surface area contributed by atoms with Gasteiger partial charge in [-0.3, -0.25) is 0 Å². The molecule has 0 saturated heterocycles. The van der Waals surface area contributed by atoms with Gasteiger partial charge in [0.2, 0.25) is 0 Å². The predicted molar refractivity (Wildman–Crippen MR) is 95.5 cm³/mol. The quantitative estimate of drug-likeness (QED) is 0.639. The molecule has 3 aromatic carbocycles. The van der Waals surface area contributed by atoms with E-state index in [1.54, 1.807) is 6.07 Å². The Morgan fingerprint density at radius 1 is 0.792 bits per heavy atom. The minimum atomic E-state index is -0.205. The summed E-state index contributed by atoms with van der Waals surface area (Å²) in [5.41, 5.74) is 3.30. The first-order valence-corrected chi connectivity index (χ1v) is 8.05. The lowest BCUT2D eigenvalue weighted by atomic mass is 10.1. The van der Waals surface area contributed by atoms with Crippen molar-refractivity contribution in [2.45, 2.75) is 6.54 Å². The lowest BCUT2D eigenvalue weighted by Crippen LogP contribution is -2.20. The highest BCUT2D eigenvalue weighted by Crippen LogP contribution is 2.21. The van der Waals surface area contributed by atoms with Gasteiger partial charge in [-0.1, -0.05) is 54.6 Å². The van der Waals surface area contributed by atoms with E-state index < -0.39 is 0 Å². The van der Waals surface area contributed by atoms with Gasteiger partial charge >= 0.3 is 0 Å². The Bertz CT molecular complexity index is 756. The third-order valence-electron chi connectivity index (χ3n) is 3.73. The second-order valence-electron chi connectivity index (χ2n) is 5.55. The summed E-state index contributed by atoms with van der Waals surface area (Å²) < 4.78 is 18.8. The molecule has 0 unspecified atom stereocenters. The molecule has 0 aliphatic carbocycles. The Morgan fingerprint density at radius 2 is 1.54 bits per heavy atom. The molecule has 122 valence electrons. The molecule has 0 fully saturated rings. The van der Waals surface area contributed by atoms with Gasteiger partial charge in [-0.25, -0.2) is 4.39 Å². The number of halogens is 1. The molecule has 3 aromatic rings. The van der Waals surface area contributed by atoms with Gasteiger partial charge in [-0.05, 0) is 41.0 Å². The van der Waals surface area contributed by atoms with Crippen molar-refractivity contribution in [1.29, 1.82) is 0 Å². The summed E-state index contributed by atoms with van der Waals surface area (Å²) in [5, 5.41) is 3.24. The predicted octanol–water partition coefficient (Wildman–Crippen LogP) is 4.66. The standard InChI is InChI=1S/C21H20FNO/c22-20-8-4-5-17(15-20)16-23-13-14-24-21-11-9-19(10-12-21)18-6-2-1-3-7-18/h1-12,15,23H,13-14,16H2. The number of hydrogen-bond acceptors (Lipinski definition) is 2. The van der Waals surface area contributed by atoms with Crippen LogP contribution in [0.4, 0.5) is 4.39 Å². The molecule has 0 aromatic heterocycles. The van der Waals surface area contributed by atoms with Gasteiger partial charge in [-0.2, -0.15) is 0 Å². The zero-order valence-electron chi connectivity index (χ0n) is 13.4. The first-order chi connectivity index (χ1) is 11.8. The molecule has 0 spiro atoms. The van der Waals surface area contributed by atoms with Crippen LogP contribution in [0.2, 0.25) is 0 Å². The van der Waals surface area contributed by atoms with Crippen LogP contribution < -0.4 is 10.1 Å². The van der Waals surface area contributed by atoms with E-state index in [1.807, 2.05) is 36.4 Å². The zero-order chi connectivity index (χ0) is 16.6. The van der Waals surface area contributed by atoms with E-state index in [2.05, 4.69) is 29.6 Å². The van der Waals surface area contributed by atoms with Gasteiger partial charge in [-0.15, -0.1) is 0 Å². The van der Waals surface area contributed by atoms with E-state index in [0.29, 0.717) is 19.7 Å². The monoisotopic (exact) mass is 321 g/mol. The summed E-state index contributed by atoms with van der Waals surface area (Å²) in [6.45, 7) is 1.91. The van der Waals surface area contributed by atoms with Crippen LogP contribution in [0.25, 0.3) is 11.1 Å². The second kappa shape index (κ2) is 8.27. The third-order valence-corrected chi connectivity index (χ3v) is 3.73. The summed E-state index contributed by atoms with van der Waals surface area (Å²) in [6.07, 6.45) is 0. The van der Waals surface area contributed by atoms with Crippen LogP contribution in [-0.2, 0) is 6.54 Å². The van der Waals surface area contributed by atoms with Gasteiger partial charge in [0.25, 0.3) is 0 Å². The molecule has 0 saturated carbocycles. The van der Waals surface area contributed by atoms with Crippen LogP contribution in [0, 0.1) is 5.82 Å². The SMILES string of the molecule is Fc1cccc(CNCCOc2ccc(-c3ccccc3)cc2)c1. The molecule has 0 heterocycles. The maximum atomic E-state index is 13.1. The van der Waals surface area contributed by atoms with E-state index in [4.69, 9.17) is 4.74 Å². The van der Waals surface area contributed by atoms with Gasteiger partial charge in [0.1, 0.15) is 18.2 Å². The van der Waals surface area contributed by atoms with E-state index in [9.17, 15) is 4.39 Å². The number of nitrogens with one attached hydrogen (secondary N) is 1. The Labute approximate surface area is 141 Å². The molecule has 0 atom stereocenters. The van der Waals surface area contributed by atoms with E-state index in [1.165, 1.54) is 23.3 Å². The summed E-state index contributed by atoms with van der Waals surface area (Å²) in [7, 11) is 0. The Hall–Kier alpha value is -2.65. The van der Waals surface area contributed by atoms with Crippen LogP contribution in [0.3, 0.4) is 0 Å². The topological polar surface area (TPSA) is 21.3 Å². The fourth-order valence-corrected chi connectivity index (χ4v) is 2.49. The van der Waals surface area contributed by atoms with Crippen LogP contribution in [0.1, 0.15) is 5.56 Å². The maximum absolute atomic E-state index is 13.1. The Balaban J connectivity index is 1.42. The largest absolute Gasteiger partial charge is 0.492 e. The van der Waals surface area contributed by atoms with Crippen molar-refractivity contribution in [2.24, 2.45) is 0 Å². The Kier molecular flexibility index (Phi) is 5.59. The van der Waals surface area contributed by atoms with E-state index in [-0.39, 0.29) is 5.82 Å². The van der Waals surface area contributed by atoms with Crippen molar-refractivity contribution in [3.8, 4) is 16.9 Å². The van der Waals surface area contributed by atoms with Crippen molar-refractivity contribution in [3.63, 3.8) is 0 Å². The highest BCUT2D eigenvalue weighted by atomic mass is 19.1. The Morgan fingerprint density at radius 3 is 2.29 bits per heavy atom. The van der Waals surface area contributed by atoms with Gasteiger partial charge in [0.05, 0.1) is 0 Å². The molecule has 0 aliphatic heterocycles. The van der Waals surface area contributed by atoms with E-state index in [0.717, 1.165) is 11.3 Å². The van der Waals surface area contributed by atoms with Gasteiger partial charge in [0.15, 0.2) is 0 Å². The van der Waals surface area contributed by atoms with Gasteiger partial charge in [0, 0.05) is 13.1 Å². The summed E-state index contributed by atoms with van der Waals surface area (Å²) in [6, 6.07) is 24.9. The highest BCUT2D eigenvalue weighted by Gasteiger charge is 1.99. The molecule has 3 heteroatoms. The fourth-order valence-electron chi connectivity index (χ4n) is 2.49. The first-order valence-electron chi connectivity index (χ1n) is 8.05. The lowest BCUT2D eigenvalue weighted by molar-refractivity contribution is 0.313. The van der Waals surface area contributed by atoms with Crippen molar-refractivity contribution in [3.05, 3.63) is 90.2 Å². The third kappa shape index (κ3) is 4.67. The summed E-state index contributed by atoms with van der Waals surface area (Å²) in [4.78, 5) is 0. The number of hydrogen-bond donors (Lipinski definition) is 1. The van der Waals surface area contributed by atoms with Crippen molar-refractivity contribution >= 4 is 0 Å². The second-order valence-corrected chi connectivity index (χ2v) is 5.55. The molecule has 0 radical (unpaired) electrons. The molecular weight excluding hydrogens is 301 g/mol. The number of benzene rings is 3. The molecular formula is C21H20FNO. The molecule has 2 nitrogen and oxygen atoms in total. The maximum Gasteiger partial charge on any atom is 0.123 e. The molecule has 1 N–H and O–H groups in total. The van der Waals surface area contributed by atoms with Crippen LogP contribution >= 0.6 is 0 Å². The smallest absolute Gasteiger partial charge is 0.123 e. The number of ether oxygens (including phenoxy) is 1. The average molecular weight is 321 g/mol. The zero-order valence-corrected chi connectivity index (χ0v) is 13.4. The van der Waals surface area contributed by atoms with Crippen LogP contribution in [0.15, 0.2) is 78.9 Å². The van der Waals surface area contributed by atoms with Crippen molar-refractivity contribution < 1.29 is 9.13 Å². The van der Waals surface area contributed by atoms with Gasteiger partial charge < -0.3 is 10.1 Å². The summed E-state index contributed by atoms with van der Waals surface area (Å²) >= 11 is 0. The minimum Gasteiger partial charge on any atom is -0.492 e. The van der Waals surface area contributed by atoms with Crippen molar-refractivity contribution in [1.82, 2.24) is 5.32 Å². The number of rotatable bonds is 7. The van der Waals surface area contributed by atoms with Crippen LogP contribution in [-0.4, -0.2) is 13.2 Å². The lowest BCUT2D eigenvalue weighted by Gasteiger charge is -2.09. The molecule has 24 heavy (non-hydrogen) atoms. The minimum absolute atomic E-state index is 0.205. The van der Waals surface area contributed by atoms with Crippen LogP contribution in [0.5, 0.6) is 5.75 Å². The highest BCUT2D eigenvalue weighted by molar-refractivity contribution is 5.63. The normalized spacial score (nSPS) is 10.5. The molecule has 0 aliphatic rings. The molecule has 3 rings (SSSR count). The molecule has 0 bridgehead atoms.